The normalized spacial score (nSPS) is 12.2. The summed E-state index contributed by atoms with van der Waals surface area (Å²) in [4.78, 5) is 9.11. The largest absolute Gasteiger partial charge is 0.439 e. The molecule has 1 aromatic carbocycles. The van der Waals surface area contributed by atoms with Crippen molar-refractivity contribution in [3.8, 4) is 11.6 Å². The van der Waals surface area contributed by atoms with Gasteiger partial charge in [-0.25, -0.2) is 13.4 Å². The molecule has 0 amide bonds. The number of nitrogens with zero attached hydrogens (tertiary/aromatic N) is 2. The molecule has 0 aliphatic carbocycles. The van der Waals surface area contributed by atoms with Crippen molar-refractivity contribution in [1.29, 1.82) is 0 Å². The van der Waals surface area contributed by atoms with Gasteiger partial charge in [-0.2, -0.15) is 4.98 Å². The highest BCUT2D eigenvalue weighted by molar-refractivity contribution is 7.90. The van der Waals surface area contributed by atoms with Crippen LogP contribution in [0.2, 0.25) is 0 Å². The molecule has 2 rings (SSSR count). The standard InChI is InChI=1S/C17H22N2O4S/c1-17(2,3)16-18-12(11-22-4)9-15(19-16)23-13-7-6-8-14(10-13)24(5,20)21/h6-10H,11H2,1-5H3. The molecule has 0 fully saturated rings. The zero-order valence-electron chi connectivity index (χ0n) is 14.5. The molecule has 1 aromatic heterocycles. The lowest BCUT2D eigenvalue weighted by molar-refractivity contribution is 0.180. The zero-order valence-corrected chi connectivity index (χ0v) is 15.3. The van der Waals surface area contributed by atoms with E-state index in [-0.39, 0.29) is 10.3 Å². The van der Waals surface area contributed by atoms with E-state index < -0.39 is 9.84 Å². The average Bonchev–Trinajstić information content (AvgIpc) is 2.46. The van der Waals surface area contributed by atoms with Gasteiger partial charge >= 0.3 is 0 Å². The first kappa shape index (κ1) is 18.4. The molecule has 0 aliphatic heterocycles. The summed E-state index contributed by atoms with van der Waals surface area (Å²) in [6.45, 7) is 6.36. The lowest BCUT2D eigenvalue weighted by Crippen LogP contribution is -2.17. The minimum absolute atomic E-state index is 0.196. The third-order valence-electron chi connectivity index (χ3n) is 3.17. The van der Waals surface area contributed by atoms with Crippen LogP contribution in [0.3, 0.4) is 0 Å². The first-order valence-electron chi connectivity index (χ1n) is 7.45. The molecule has 24 heavy (non-hydrogen) atoms. The second-order valence-electron chi connectivity index (χ2n) is 6.55. The van der Waals surface area contributed by atoms with E-state index in [0.29, 0.717) is 29.8 Å². The van der Waals surface area contributed by atoms with Gasteiger partial charge in [0.25, 0.3) is 0 Å². The molecular weight excluding hydrogens is 328 g/mol. The number of ether oxygens (including phenoxy) is 2. The zero-order chi connectivity index (χ0) is 18.0. The molecule has 0 N–H and O–H groups in total. The predicted molar refractivity (Wildman–Crippen MR) is 91.1 cm³/mol. The first-order chi connectivity index (χ1) is 11.1. The topological polar surface area (TPSA) is 78.4 Å². The lowest BCUT2D eigenvalue weighted by atomic mass is 9.95. The Labute approximate surface area is 142 Å². The Morgan fingerprint density at radius 3 is 2.42 bits per heavy atom. The molecule has 2 aromatic rings. The van der Waals surface area contributed by atoms with Gasteiger partial charge in [0, 0.05) is 24.8 Å². The molecule has 0 bridgehead atoms. The van der Waals surface area contributed by atoms with Crippen molar-refractivity contribution < 1.29 is 17.9 Å². The van der Waals surface area contributed by atoms with Crippen molar-refractivity contribution in [1.82, 2.24) is 9.97 Å². The number of hydrogen-bond donors (Lipinski definition) is 0. The minimum atomic E-state index is -3.30. The highest BCUT2D eigenvalue weighted by atomic mass is 32.2. The third-order valence-corrected chi connectivity index (χ3v) is 4.29. The van der Waals surface area contributed by atoms with Gasteiger partial charge in [0.05, 0.1) is 17.2 Å². The number of rotatable bonds is 5. The molecule has 130 valence electrons. The molecular formula is C17H22N2O4S. The maximum absolute atomic E-state index is 11.7. The number of sulfone groups is 1. The number of hydrogen-bond acceptors (Lipinski definition) is 6. The summed E-state index contributed by atoms with van der Waals surface area (Å²) in [5, 5.41) is 0. The van der Waals surface area contributed by atoms with Gasteiger partial charge in [0.2, 0.25) is 5.88 Å². The number of benzene rings is 1. The molecule has 0 saturated heterocycles. The fourth-order valence-electron chi connectivity index (χ4n) is 1.97. The van der Waals surface area contributed by atoms with Crippen molar-refractivity contribution in [2.75, 3.05) is 13.4 Å². The predicted octanol–water partition coefficient (Wildman–Crippen LogP) is 3.12. The van der Waals surface area contributed by atoms with Crippen LogP contribution in [0, 0.1) is 0 Å². The summed E-state index contributed by atoms with van der Waals surface area (Å²) in [6.07, 6.45) is 1.16. The summed E-state index contributed by atoms with van der Waals surface area (Å²) in [6, 6.07) is 8.01. The van der Waals surface area contributed by atoms with Crippen molar-refractivity contribution >= 4 is 9.84 Å². The second-order valence-corrected chi connectivity index (χ2v) is 8.57. The van der Waals surface area contributed by atoms with Crippen LogP contribution in [0.1, 0.15) is 32.3 Å². The lowest BCUT2D eigenvalue weighted by Gasteiger charge is -2.18. The molecule has 0 atom stereocenters. The maximum atomic E-state index is 11.7. The van der Waals surface area contributed by atoms with Gasteiger partial charge in [-0.05, 0) is 18.2 Å². The smallest absolute Gasteiger partial charge is 0.222 e. The fraction of sp³-hybridized carbons (Fsp3) is 0.412. The minimum Gasteiger partial charge on any atom is -0.439 e. The van der Waals surface area contributed by atoms with Gasteiger partial charge in [0.15, 0.2) is 9.84 Å². The van der Waals surface area contributed by atoms with E-state index in [0.717, 1.165) is 6.26 Å². The van der Waals surface area contributed by atoms with Crippen LogP contribution in [0.15, 0.2) is 35.2 Å². The molecule has 0 aliphatic rings. The van der Waals surface area contributed by atoms with Gasteiger partial charge in [-0.3, -0.25) is 0 Å². The van der Waals surface area contributed by atoms with Crippen LogP contribution < -0.4 is 4.74 Å². The Balaban J connectivity index is 2.40. The number of methoxy groups -OCH3 is 1. The van der Waals surface area contributed by atoms with Crippen LogP contribution in [0.5, 0.6) is 11.6 Å². The van der Waals surface area contributed by atoms with Crippen molar-refractivity contribution in [3.05, 3.63) is 41.9 Å². The van der Waals surface area contributed by atoms with E-state index >= 15 is 0 Å². The first-order valence-corrected chi connectivity index (χ1v) is 9.34. The van der Waals surface area contributed by atoms with Crippen molar-refractivity contribution in [2.45, 2.75) is 37.7 Å². The Morgan fingerprint density at radius 2 is 1.83 bits per heavy atom. The van der Waals surface area contributed by atoms with Crippen LogP contribution in [-0.4, -0.2) is 31.8 Å². The summed E-state index contributed by atoms with van der Waals surface area (Å²) < 4.78 is 34.2. The van der Waals surface area contributed by atoms with E-state index in [2.05, 4.69) is 9.97 Å². The van der Waals surface area contributed by atoms with Gasteiger partial charge < -0.3 is 9.47 Å². The molecule has 0 spiro atoms. The molecule has 0 unspecified atom stereocenters. The highest BCUT2D eigenvalue weighted by Crippen LogP contribution is 2.26. The van der Waals surface area contributed by atoms with E-state index in [1.54, 1.807) is 25.3 Å². The highest BCUT2D eigenvalue weighted by Gasteiger charge is 2.20. The summed E-state index contributed by atoms with van der Waals surface area (Å²) in [5.74, 6) is 1.39. The average molecular weight is 350 g/mol. The molecule has 1 heterocycles. The Hall–Kier alpha value is -1.99. The van der Waals surface area contributed by atoms with Gasteiger partial charge in [0.1, 0.15) is 11.6 Å². The van der Waals surface area contributed by atoms with E-state index in [4.69, 9.17) is 9.47 Å². The summed E-state index contributed by atoms with van der Waals surface area (Å²) >= 11 is 0. The molecule has 0 saturated carbocycles. The Kier molecular flexibility index (Phi) is 5.25. The Bertz CT molecular complexity index is 827. The third kappa shape index (κ3) is 4.75. The van der Waals surface area contributed by atoms with E-state index in [1.165, 1.54) is 12.1 Å². The van der Waals surface area contributed by atoms with Gasteiger partial charge in [-0.15, -0.1) is 0 Å². The second kappa shape index (κ2) is 6.86. The van der Waals surface area contributed by atoms with Crippen LogP contribution >= 0.6 is 0 Å². The molecule has 7 heteroatoms. The monoisotopic (exact) mass is 350 g/mol. The number of aromatic nitrogens is 2. The van der Waals surface area contributed by atoms with Crippen LogP contribution in [0.25, 0.3) is 0 Å². The van der Waals surface area contributed by atoms with Gasteiger partial charge in [-0.1, -0.05) is 26.8 Å². The SMILES string of the molecule is COCc1cc(Oc2cccc(S(C)(=O)=O)c2)nc(C(C)(C)C)n1. The van der Waals surface area contributed by atoms with Crippen LogP contribution in [-0.2, 0) is 26.6 Å². The maximum Gasteiger partial charge on any atom is 0.222 e. The molecule has 6 nitrogen and oxygen atoms in total. The quantitative estimate of drug-likeness (QED) is 0.824. The van der Waals surface area contributed by atoms with Crippen molar-refractivity contribution in [2.24, 2.45) is 0 Å². The molecule has 0 radical (unpaired) electrons. The van der Waals surface area contributed by atoms with E-state index in [1.807, 2.05) is 20.8 Å². The van der Waals surface area contributed by atoms with Crippen LogP contribution in [0.4, 0.5) is 0 Å². The Morgan fingerprint density at radius 1 is 1.12 bits per heavy atom. The summed E-state index contributed by atoms with van der Waals surface area (Å²) in [7, 11) is -1.71. The van der Waals surface area contributed by atoms with Crippen molar-refractivity contribution in [3.63, 3.8) is 0 Å². The summed E-state index contributed by atoms with van der Waals surface area (Å²) in [5.41, 5.74) is 0.447. The van der Waals surface area contributed by atoms with E-state index in [9.17, 15) is 8.42 Å². The fourth-order valence-corrected chi connectivity index (χ4v) is 2.63.